The molecule has 1 aromatic carbocycles. The van der Waals surface area contributed by atoms with E-state index in [1.807, 2.05) is 28.8 Å². The Labute approximate surface area is 107 Å². The van der Waals surface area contributed by atoms with Crippen LogP contribution >= 0.6 is 0 Å². The molecule has 1 aliphatic rings. The third-order valence-electron chi connectivity index (χ3n) is 3.87. The van der Waals surface area contributed by atoms with E-state index in [4.69, 9.17) is 0 Å². The summed E-state index contributed by atoms with van der Waals surface area (Å²) >= 11 is 0. The van der Waals surface area contributed by atoms with Gasteiger partial charge in [0, 0.05) is 6.42 Å². The highest BCUT2D eigenvalue weighted by atomic mass is 16.1. The van der Waals surface area contributed by atoms with Crippen LogP contribution in [-0.2, 0) is 11.3 Å². The largest absolute Gasteiger partial charge is 0.323 e. The third-order valence-corrected chi connectivity index (χ3v) is 3.87. The Morgan fingerprint density at radius 1 is 1.28 bits per heavy atom. The number of nitrogens with zero attached hydrogens (tertiary/aromatic N) is 2. The molecule has 2 aromatic rings. The molecule has 0 N–H and O–H groups in total. The Hall–Kier alpha value is -1.64. The van der Waals surface area contributed by atoms with Crippen LogP contribution in [0.4, 0.5) is 0 Å². The van der Waals surface area contributed by atoms with E-state index in [1.165, 1.54) is 25.7 Å². The molecule has 1 fully saturated rings. The predicted octanol–water partition coefficient (Wildman–Crippen LogP) is 3.19. The van der Waals surface area contributed by atoms with Gasteiger partial charge in [-0.2, -0.15) is 0 Å². The second-order valence-corrected chi connectivity index (χ2v) is 5.25. The van der Waals surface area contributed by atoms with Gasteiger partial charge in [0.05, 0.1) is 23.9 Å². The van der Waals surface area contributed by atoms with Gasteiger partial charge in [0.25, 0.3) is 0 Å². The molecule has 0 spiro atoms. The number of carbonyl (C=O) groups excluding carboxylic acids is 1. The van der Waals surface area contributed by atoms with Gasteiger partial charge in [-0.25, -0.2) is 4.98 Å². The Balaban J connectivity index is 1.70. The van der Waals surface area contributed by atoms with Gasteiger partial charge >= 0.3 is 0 Å². The first-order chi connectivity index (χ1) is 8.83. The highest BCUT2D eigenvalue weighted by molar-refractivity contribution is 5.82. The molecule has 1 saturated carbocycles. The minimum absolute atomic E-state index is 0.338. The summed E-state index contributed by atoms with van der Waals surface area (Å²) in [4.78, 5) is 16.4. The van der Waals surface area contributed by atoms with Gasteiger partial charge in [-0.1, -0.05) is 37.8 Å². The van der Waals surface area contributed by atoms with Crippen molar-refractivity contribution < 1.29 is 4.79 Å². The number of hydrogen-bond donors (Lipinski definition) is 0. The van der Waals surface area contributed by atoms with Crippen LogP contribution in [0.25, 0.3) is 11.0 Å². The van der Waals surface area contributed by atoms with Gasteiger partial charge in [0.1, 0.15) is 0 Å². The van der Waals surface area contributed by atoms with Crippen LogP contribution in [0, 0.1) is 5.92 Å². The van der Waals surface area contributed by atoms with Crippen molar-refractivity contribution in [2.45, 2.75) is 38.6 Å². The first-order valence-electron chi connectivity index (χ1n) is 6.74. The second-order valence-electron chi connectivity index (χ2n) is 5.25. The lowest BCUT2D eigenvalue weighted by Crippen LogP contribution is -2.12. The minimum Gasteiger partial charge on any atom is -0.323 e. The summed E-state index contributed by atoms with van der Waals surface area (Å²) in [6.07, 6.45) is 7.58. The molecule has 0 radical (unpaired) electrons. The van der Waals surface area contributed by atoms with Crippen molar-refractivity contribution in [2.24, 2.45) is 5.92 Å². The molecule has 0 aliphatic heterocycles. The van der Waals surface area contributed by atoms with Crippen LogP contribution in [0.1, 0.15) is 32.1 Å². The molecule has 1 aromatic heterocycles. The number of hydrogen-bond acceptors (Lipinski definition) is 2. The number of aromatic nitrogens is 2. The summed E-state index contributed by atoms with van der Waals surface area (Å²) in [5.41, 5.74) is 2.02. The molecule has 0 unspecified atom stereocenters. The second kappa shape index (κ2) is 4.92. The minimum atomic E-state index is 0.338. The number of Topliss-reactive ketones (excluding diaryl/α,β-unsaturated/α-hetero) is 1. The zero-order chi connectivity index (χ0) is 12.4. The van der Waals surface area contributed by atoms with Crippen LogP contribution in [0.15, 0.2) is 30.6 Å². The zero-order valence-electron chi connectivity index (χ0n) is 10.5. The summed E-state index contributed by atoms with van der Waals surface area (Å²) in [5.74, 6) is 0.970. The maximum Gasteiger partial charge on any atom is 0.152 e. The lowest BCUT2D eigenvalue weighted by molar-refractivity contribution is -0.120. The molecule has 0 amide bonds. The molecule has 18 heavy (non-hydrogen) atoms. The molecule has 1 aliphatic carbocycles. The molecular weight excluding hydrogens is 224 g/mol. The summed E-state index contributed by atoms with van der Waals surface area (Å²) in [6, 6.07) is 7.96. The average molecular weight is 242 g/mol. The van der Waals surface area contributed by atoms with E-state index in [0.29, 0.717) is 18.2 Å². The van der Waals surface area contributed by atoms with Crippen molar-refractivity contribution >= 4 is 16.8 Å². The molecule has 3 rings (SSSR count). The van der Waals surface area contributed by atoms with E-state index < -0.39 is 0 Å². The Kier molecular flexibility index (Phi) is 3.13. The lowest BCUT2D eigenvalue weighted by Gasteiger charge is -2.08. The van der Waals surface area contributed by atoms with Crippen molar-refractivity contribution in [3.8, 4) is 0 Å². The average Bonchev–Trinajstić information content (AvgIpc) is 3.00. The van der Waals surface area contributed by atoms with E-state index in [0.717, 1.165) is 17.5 Å². The first-order valence-corrected chi connectivity index (χ1v) is 6.74. The van der Waals surface area contributed by atoms with Crippen molar-refractivity contribution in [1.82, 2.24) is 9.55 Å². The van der Waals surface area contributed by atoms with E-state index in [-0.39, 0.29) is 0 Å². The van der Waals surface area contributed by atoms with Gasteiger partial charge in [-0.05, 0) is 18.1 Å². The van der Waals surface area contributed by atoms with Crippen molar-refractivity contribution in [2.75, 3.05) is 0 Å². The number of imidazole rings is 1. The highest BCUT2D eigenvalue weighted by Crippen LogP contribution is 2.27. The fourth-order valence-electron chi connectivity index (χ4n) is 2.93. The molecule has 0 bridgehead atoms. The first kappa shape index (κ1) is 11.5. The standard InChI is InChI=1S/C15H18N2O/c18-13(9-12-5-1-2-6-12)10-17-11-16-14-7-3-4-8-15(14)17/h3-4,7-8,11-12H,1-2,5-6,9-10H2. The van der Waals surface area contributed by atoms with Crippen molar-refractivity contribution in [3.63, 3.8) is 0 Å². The summed E-state index contributed by atoms with van der Waals surface area (Å²) < 4.78 is 1.96. The highest BCUT2D eigenvalue weighted by Gasteiger charge is 2.18. The Morgan fingerprint density at radius 3 is 2.89 bits per heavy atom. The predicted molar refractivity (Wildman–Crippen MR) is 71.3 cm³/mol. The fourth-order valence-corrected chi connectivity index (χ4v) is 2.93. The maximum absolute atomic E-state index is 12.1. The molecule has 3 heteroatoms. The van der Waals surface area contributed by atoms with E-state index >= 15 is 0 Å². The molecule has 0 atom stereocenters. The molecule has 3 nitrogen and oxygen atoms in total. The van der Waals surface area contributed by atoms with E-state index in [1.54, 1.807) is 6.33 Å². The van der Waals surface area contributed by atoms with Gasteiger partial charge in [0.15, 0.2) is 5.78 Å². The molecule has 0 saturated heterocycles. The van der Waals surface area contributed by atoms with Gasteiger partial charge in [0.2, 0.25) is 0 Å². The molecule has 1 heterocycles. The third kappa shape index (κ3) is 2.30. The number of para-hydroxylation sites is 2. The smallest absolute Gasteiger partial charge is 0.152 e. The zero-order valence-corrected chi connectivity index (χ0v) is 10.5. The van der Waals surface area contributed by atoms with E-state index in [2.05, 4.69) is 4.98 Å². The SMILES string of the molecule is O=C(CC1CCCC1)Cn1cnc2ccccc21. The summed E-state index contributed by atoms with van der Waals surface area (Å²) in [6.45, 7) is 0.469. The van der Waals surface area contributed by atoms with Crippen molar-refractivity contribution in [1.29, 1.82) is 0 Å². The quantitative estimate of drug-likeness (QED) is 0.825. The molecular formula is C15H18N2O. The van der Waals surface area contributed by atoms with Gasteiger partial charge in [-0.3, -0.25) is 4.79 Å². The number of carbonyl (C=O) groups is 1. The Bertz CT molecular complexity index is 552. The van der Waals surface area contributed by atoms with Gasteiger partial charge < -0.3 is 4.57 Å². The van der Waals surface area contributed by atoms with Crippen LogP contribution in [0.2, 0.25) is 0 Å². The monoisotopic (exact) mass is 242 g/mol. The van der Waals surface area contributed by atoms with E-state index in [9.17, 15) is 4.79 Å². The van der Waals surface area contributed by atoms with Crippen LogP contribution in [-0.4, -0.2) is 15.3 Å². The summed E-state index contributed by atoms with van der Waals surface area (Å²) in [7, 11) is 0. The van der Waals surface area contributed by atoms with Crippen LogP contribution < -0.4 is 0 Å². The van der Waals surface area contributed by atoms with Crippen LogP contribution in [0.3, 0.4) is 0 Å². The fraction of sp³-hybridized carbons (Fsp3) is 0.467. The number of ketones is 1. The number of rotatable bonds is 4. The number of fused-ring (bicyclic) bond motifs is 1. The number of benzene rings is 1. The Morgan fingerprint density at radius 2 is 2.06 bits per heavy atom. The van der Waals surface area contributed by atoms with Crippen molar-refractivity contribution in [3.05, 3.63) is 30.6 Å². The topological polar surface area (TPSA) is 34.9 Å². The van der Waals surface area contributed by atoms with Gasteiger partial charge in [-0.15, -0.1) is 0 Å². The van der Waals surface area contributed by atoms with Crippen LogP contribution in [0.5, 0.6) is 0 Å². The summed E-state index contributed by atoms with van der Waals surface area (Å²) in [5, 5.41) is 0. The normalized spacial score (nSPS) is 16.4. The lowest BCUT2D eigenvalue weighted by atomic mass is 10.0. The maximum atomic E-state index is 12.1. The molecule has 94 valence electrons.